The molecule has 0 aromatic heterocycles. The molecule has 1 aromatic rings. The van der Waals surface area contributed by atoms with Gasteiger partial charge >= 0.3 is 5.97 Å². The topological polar surface area (TPSA) is 53.0 Å². The molecule has 1 saturated carbocycles. The van der Waals surface area contributed by atoms with E-state index in [0.717, 1.165) is 76.5 Å². The Bertz CT molecular complexity index is 746. The number of hydrogen-bond donors (Lipinski definition) is 1. The van der Waals surface area contributed by atoms with Crippen molar-refractivity contribution in [1.82, 2.24) is 9.80 Å². The average Bonchev–Trinajstić information content (AvgIpc) is 2.78. The van der Waals surface area contributed by atoms with Gasteiger partial charge in [0.2, 0.25) is 0 Å². The number of benzene rings is 1. The van der Waals surface area contributed by atoms with Crippen molar-refractivity contribution in [2.75, 3.05) is 32.7 Å². The maximum Gasteiger partial charge on any atom is 0.308 e. The number of carboxylic acids is 1. The van der Waals surface area contributed by atoms with E-state index in [9.17, 15) is 9.90 Å². The summed E-state index contributed by atoms with van der Waals surface area (Å²) in [7, 11) is 0. The first kappa shape index (κ1) is 23.2. The molecule has 7 heteroatoms. The van der Waals surface area contributed by atoms with Crippen molar-refractivity contribution in [3.8, 4) is 5.75 Å². The van der Waals surface area contributed by atoms with Gasteiger partial charge in [0, 0.05) is 31.7 Å². The van der Waals surface area contributed by atoms with Crippen molar-refractivity contribution >= 4 is 29.2 Å². The van der Waals surface area contributed by atoms with Crippen LogP contribution < -0.4 is 4.74 Å². The van der Waals surface area contributed by atoms with Crippen LogP contribution in [0.1, 0.15) is 51.4 Å². The number of aliphatic carboxylic acids is 1. The molecule has 0 unspecified atom stereocenters. The molecule has 1 N–H and O–H groups in total. The van der Waals surface area contributed by atoms with E-state index in [1.54, 1.807) is 12.1 Å². The standard InChI is InChI=1S/C24H34Cl2N2O3/c25-21-6-5-19(15-22(21)26)31-18-9-11-27(12-10-18)16-17-7-13-28(14-8-17)23-4-2-1-3-20(23)24(29)30/h5-6,15,17-18,20,23H,1-4,7-14,16H2,(H,29,30)/t20-,23+/m1/s1. The predicted octanol–water partition coefficient (Wildman–Crippen LogP) is 5.19. The zero-order valence-corrected chi connectivity index (χ0v) is 19.7. The lowest BCUT2D eigenvalue weighted by Gasteiger charge is -2.43. The number of nitrogens with zero attached hydrogens (tertiary/aromatic N) is 2. The fourth-order valence-electron chi connectivity index (χ4n) is 5.62. The van der Waals surface area contributed by atoms with E-state index >= 15 is 0 Å². The summed E-state index contributed by atoms with van der Waals surface area (Å²) in [6, 6.07) is 5.72. The lowest BCUT2D eigenvalue weighted by atomic mass is 9.82. The van der Waals surface area contributed by atoms with Crippen LogP contribution in [0.15, 0.2) is 18.2 Å². The van der Waals surface area contributed by atoms with Crippen LogP contribution in [0.2, 0.25) is 10.0 Å². The first-order valence-corrected chi connectivity index (χ1v) is 12.6. The molecule has 0 amide bonds. The zero-order valence-electron chi connectivity index (χ0n) is 18.1. The van der Waals surface area contributed by atoms with Gasteiger partial charge in [0.1, 0.15) is 11.9 Å². The second-order valence-electron chi connectivity index (χ2n) is 9.47. The summed E-state index contributed by atoms with van der Waals surface area (Å²) in [5.74, 6) is 0.746. The SMILES string of the molecule is O=C(O)[C@@H]1CCCC[C@@H]1N1CCC(CN2CCC(Oc3ccc(Cl)c(Cl)c3)CC2)CC1. The van der Waals surface area contributed by atoms with E-state index in [4.69, 9.17) is 27.9 Å². The zero-order chi connectivity index (χ0) is 21.8. The normalized spacial score (nSPS) is 27.3. The Morgan fingerprint density at radius 1 is 0.968 bits per heavy atom. The van der Waals surface area contributed by atoms with E-state index in [1.807, 2.05) is 6.07 Å². The highest BCUT2D eigenvalue weighted by Gasteiger charge is 2.36. The minimum atomic E-state index is -0.599. The van der Waals surface area contributed by atoms with E-state index in [2.05, 4.69) is 9.80 Å². The highest BCUT2D eigenvalue weighted by Crippen LogP contribution is 2.32. The van der Waals surface area contributed by atoms with Crippen LogP contribution in [-0.4, -0.2) is 65.7 Å². The number of rotatable bonds is 6. The number of ether oxygens (including phenoxy) is 1. The third-order valence-corrected chi connectivity index (χ3v) is 8.15. The Hall–Kier alpha value is -1.01. The number of halogens is 2. The molecule has 0 spiro atoms. The van der Waals surface area contributed by atoms with Gasteiger partial charge in [-0.25, -0.2) is 0 Å². The largest absolute Gasteiger partial charge is 0.490 e. The fourth-order valence-corrected chi connectivity index (χ4v) is 5.91. The highest BCUT2D eigenvalue weighted by atomic mass is 35.5. The van der Waals surface area contributed by atoms with Crippen molar-refractivity contribution in [3.05, 3.63) is 28.2 Å². The van der Waals surface area contributed by atoms with Crippen LogP contribution in [-0.2, 0) is 4.79 Å². The first-order valence-electron chi connectivity index (χ1n) is 11.8. The molecule has 2 saturated heterocycles. The molecule has 2 aliphatic heterocycles. The molecule has 4 rings (SSSR count). The molecule has 2 heterocycles. The van der Waals surface area contributed by atoms with Crippen LogP contribution >= 0.6 is 23.2 Å². The van der Waals surface area contributed by atoms with Crippen molar-refractivity contribution in [2.24, 2.45) is 11.8 Å². The monoisotopic (exact) mass is 468 g/mol. The van der Waals surface area contributed by atoms with Crippen molar-refractivity contribution in [1.29, 1.82) is 0 Å². The van der Waals surface area contributed by atoms with Crippen LogP contribution in [0.25, 0.3) is 0 Å². The molecule has 3 fully saturated rings. The maximum absolute atomic E-state index is 11.7. The molecule has 3 aliphatic rings. The third kappa shape index (κ3) is 6.07. The number of hydrogen-bond acceptors (Lipinski definition) is 4. The molecule has 172 valence electrons. The minimum absolute atomic E-state index is 0.167. The number of carboxylic acid groups (broad SMARTS) is 1. The Balaban J connectivity index is 1.19. The predicted molar refractivity (Wildman–Crippen MR) is 124 cm³/mol. The van der Waals surface area contributed by atoms with E-state index in [0.29, 0.717) is 10.0 Å². The summed E-state index contributed by atoms with van der Waals surface area (Å²) in [6.07, 6.45) is 8.79. The molecule has 0 bridgehead atoms. The fraction of sp³-hybridized carbons (Fsp3) is 0.708. The number of piperidine rings is 2. The van der Waals surface area contributed by atoms with Crippen molar-refractivity contribution in [2.45, 2.75) is 63.5 Å². The van der Waals surface area contributed by atoms with Gasteiger partial charge in [-0.2, -0.15) is 0 Å². The van der Waals surface area contributed by atoms with Gasteiger partial charge in [-0.15, -0.1) is 0 Å². The number of carbonyl (C=O) groups is 1. The highest BCUT2D eigenvalue weighted by molar-refractivity contribution is 6.42. The number of likely N-dealkylation sites (tertiary alicyclic amines) is 2. The van der Waals surface area contributed by atoms with Gasteiger partial charge in [0.15, 0.2) is 0 Å². The lowest BCUT2D eigenvalue weighted by molar-refractivity contribution is -0.146. The van der Waals surface area contributed by atoms with Crippen LogP contribution in [0.4, 0.5) is 0 Å². The Labute approximate surface area is 195 Å². The van der Waals surface area contributed by atoms with Crippen molar-refractivity contribution in [3.63, 3.8) is 0 Å². The molecular weight excluding hydrogens is 435 g/mol. The van der Waals surface area contributed by atoms with Gasteiger partial charge in [-0.05, 0) is 69.7 Å². The summed E-state index contributed by atoms with van der Waals surface area (Å²) < 4.78 is 6.12. The minimum Gasteiger partial charge on any atom is -0.490 e. The third-order valence-electron chi connectivity index (χ3n) is 7.41. The second-order valence-corrected chi connectivity index (χ2v) is 10.3. The van der Waals surface area contributed by atoms with Crippen LogP contribution in [0.5, 0.6) is 5.75 Å². The molecule has 5 nitrogen and oxygen atoms in total. The maximum atomic E-state index is 11.7. The molecule has 1 aliphatic carbocycles. The average molecular weight is 469 g/mol. The van der Waals surface area contributed by atoms with E-state index < -0.39 is 5.97 Å². The summed E-state index contributed by atoms with van der Waals surface area (Å²) in [4.78, 5) is 16.7. The van der Waals surface area contributed by atoms with Crippen LogP contribution in [0.3, 0.4) is 0 Å². The lowest BCUT2D eigenvalue weighted by Crippen LogP contribution is -2.50. The molecule has 0 radical (unpaired) electrons. The molecule has 31 heavy (non-hydrogen) atoms. The Morgan fingerprint density at radius 3 is 2.35 bits per heavy atom. The molecule has 2 atom stereocenters. The van der Waals surface area contributed by atoms with E-state index in [1.165, 1.54) is 19.3 Å². The quantitative estimate of drug-likeness (QED) is 0.622. The van der Waals surface area contributed by atoms with Gasteiger partial charge < -0.3 is 14.7 Å². The van der Waals surface area contributed by atoms with Gasteiger partial charge in [0.25, 0.3) is 0 Å². The smallest absolute Gasteiger partial charge is 0.308 e. The molecule has 1 aromatic carbocycles. The van der Waals surface area contributed by atoms with Gasteiger partial charge in [-0.1, -0.05) is 36.0 Å². The summed E-state index contributed by atoms with van der Waals surface area (Å²) in [6.45, 7) is 5.39. The Kier molecular flexibility index (Phi) is 8.02. The first-order chi connectivity index (χ1) is 15.0. The summed E-state index contributed by atoms with van der Waals surface area (Å²) in [5, 5.41) is 10.7. The molecular formula is C24H34Cl2N2O3. The van der Waals surface area contributed by atoms with Gasteiger partial charge in [-0.3, -0.25) is 9.69 Å². The van der Waals surface area contributed by atoms with Crippen molar-refractivity contribution < 1.29 is 14.6 Å². The Morgan fingerprint density at radius 2 is 1.68 bits per heavy atom. The summed E-state index contributed by atoms with van der Waals surface area (Å²) >= 11 is 12.1. The van der Waals surface area contributed by atoms with E-state index in [-0.39, 0.29) is 18.1 Å². The summed E-state index contributed by atoms with van der Waals surface area (Å²) in [5.41, 5.74) is 0. The van der Waals surface area contributed by atoms with Gasteiger partial charge in [0.05, 0.1) is 16.0 Å². The second kappa shape index (κ2) is 10.7. The van der Waals surface area contributed by atoms with Crippen LogP contribution in [0, 0.1) is 11.8 Å².